The van der Waals surface area contributed by atoms with Crippen LogP contribution in [0, 0.1) is 0 Å². The molecule has 1 N–H and O–H groups in total. The second kappa shape index (κ2) is 5.76. The van der Waals surface area contributed by atoms with Crippen LogP contribution in [0.2, 0.25) is 10.0 Å². The summed E-state index contributed by atoms with van der Waals surface area (Å²) in [5, 5.41) is 4.42. The summed E-state index contributed by atoms with van der Waals surface area (Å²) in [6, 6.07) is 13.6. The molecule has 2 aromatic rings. The summed E-state index contributed by atoms with van der Waals surface area (Å²) in [6.07, 6.45) is 0. The number of benzene rings is 2. The number of hydrogen-bond acceptors (Lipinski definition) is 1. The molecule has 0 fully saturated rings. The number of nitrogens with one attached hydrogen (secondary N) is 1. The molecule has 0 spiro atoms. The van der Waals surface area contributed by atoms with Crippen molar-refractivity contribution in [1.82, 2.24) is 0 Å². The molecule has 2 aromatic carbocycles. The lowest BCUT2D eigenvalue weighted by molar-refractivity contribution is 1.14. The van der Waals surface area contributed by atoms with E-state index >= 15 is 0 Å². The maximum atomic E-state index is 5.95. The largest absolute Gasteiger partial charge is 0.381 e. The number of anilines is 1. The van der Waals surface area contributed by atoms with Crippen molar-refractivity contribution in [2.75, 3.05) is 5.32 Å². The van der Waals surface area contributed by atoms with Gasteiger partial charge in [0.25, 0.3) is 0 Å². The molecule has 0 bridgehead atoms. The average Bonchev–Trinajstić information content (AvgIpc) is 2.32. The van der Waals surface area contributed by atoms with Gasteiger partial charge >= 0.3 is 0 Å². The first kappa shape index (κ1) is 12.7. The van der Waals surface area contributed by atoms with Crippen LogP contribution >= 0.6 is 39.1 Å². The van der Waals surface area contributed by atoms with Crippen LogP contribution in [0.15, 0.2) is 46.9 Å². The summed E-state index contributed by atoms with van der Waals surface area (Å²) in [5.41, 5.74) is 2.15. The minimum absolute atomic E-state index is 0.559. The monoisotopic (exact) mass is 329 g/mol. The molecule has 0 heterocycles. The molecule has 0 unspecified atom stereocenters. The molecule has 0 aromatic heterocycles. The number of rotatable bonds is 3. The van der Waals surface area contributed by atoms with Crippen molar-refractivity contribution in [3.05, 3.63) is 62.5 Å². The van der Waals surface area contributed by atoms with Crippen molar-refractivity contribution in [2.45, 2.75) is 6.54 Å². The van der Waals surface area contributed by atoms with E-state index in [1.807, 2.05) is 30.3 Å². The summed E-state index contributed by atoms with van der Waals surface area (Å²) < 4.78 is 1.09. The Morgan fingerprint density at radius 3 is 2.47 bits per heavy atom. The van der Waals surface area contributed by atoms with Gasteiger partial charge in [0.2, 0.25) is 0 Å². The molecule has 0 saturated carbocycles. The van der Waals surface area contributed by atoms with Gasteiger partial charge in [-0.1, -0.05) is 57.3 Å². The zero-order valence-corrected chi connectivity index (χ0v) is 12.0. The fourth-order valence-corrected chi connectivity index (χ4v) is 2.17. The molecule has 4 heteroatoms. The highest BCUT2D eigenvalue weighted by Crippen LogP contribution is 2.25. The molecule has 0 amide bonds. The van der Waals surface area contributed by atoms with Crippen LogP contribution in [0.5, 0.6) is 0 Å². The van der Waals surface area contributed by atoms with Gasteiger partial charge in [0.05, 0.1) is 10.0 Å². The lowest BCUT2D eigenvalue weighted by Crippen LogP contribution is -1.99. The van der Waals surface area contributed by atoms with E-state index in [1.165, 1.54) is 5.56 Å². The third kappa shape index (κ3) is 3.38. The van der Waals surface area contributed by atoms with E-state index in [4.69, 9.17) is 23.2 Å². The van der Waals surface area contributed by atoms with Gasteiger partial charge in [-0.25, -0.2) is 0 Å². The van der Waals surface area contributed by atoms with Gasteiger partial charge in [-0.2, -0.15) is 0 Å². The molecule has 1 nitrogen and oxygen atoms in total. The third-order valence-corrected chi connectivity index (χ3v) is 3.87. The van der Waals surface area contributed by atoms with Gasteiger partial charge in [0.1, 0.15) is 0 Å². The van der Waals surface area contributed by atoms with Gasteiger partial charge in [0, 0.05) is 16.7 Å². The zero-order chi connectivity index (χ0) is 12.3. The van der Waals surface area contributed by atoms with Crippen LogP contribution in [-0.2, 0) is 6.54 Å². The van der Waals surface area contributed by atoms with Crippen molar-refractivity contribution >= 4 is 44.8 Å². The molecule has 0 radical (unpaired) electrons. The number of hydrogen-bond donors (Lipinski definition) is 1. The average molecular weight is 331 g/mol. The van der Waals surface area contributed by atoms with Gasteiger partial charge < -0.3 is 5.32 Å². The molecule has 0 aliphatic carbocycles. The van der Waals surface area contributed by atoms with E-state index in [9.17, 15) is 0 Å². The first-order valence-electron chi connectivity index (χ1n) is 5.09. The van der Waals surface area contributed by atoms with Crippen molar-refractivity contribution in [2.24, 2.45) is 0 Å². The fraction of sp³-hybridized carbons (Fsp3) is 0.0769. The van der Waals surface area contributed by atoms with E-state index in [2.05, 4.69) is 27.3 Å². The molecule has 88 valence electrons. The second-order valence-electron chi connectivity index (χ2n) is 3.57. The lowest BCUT2D eigenvalue weighted by Gasteiger charge is -2.08. The Labute approximate surface area is 119 Å². The molecule has 0 aliphatic rings. The smallest absolute Gasteiger partial charge is 0.0612 e. The molecule has 17 heavy (non-hydrogen) atoms. The second-order valence-corrected chi connectivity index (χ2v) is 5.24. The standard InChI is InChI=1S/C13H10BrCl2N/c14-11-4-2-1-3-9(11)8-17-10-5-6-12(15)13(16)7-10/h1-7,17H,8H2. The molecule has 0 aliphatic heterocycles. The molecule has 0 saturated heterocycles. The van der Waals surface area contributed by atoms with Crippen molar-refractivity contribution in [1.29, 1.82) is 0 Å². The van der Waals surface area contributed by atoms with Crippen LogP contribution in [0.25, 0.3) is 0 Å². The predicted molar refractivity (Wildman–Crippen MR) is 77.9 cm³/mol. The molecule has 2 rings (SSSR count). The molecular formula is C13H10BrCl2N. The van der Waals surface area contributed by atoms with Crippen molar-refractivity contribution in [3.8, 4) is 0 Å². The zero-order valence-electron chi connectivity index (χ0n) is 8.88. The van der Waals surface area contributed by atoms with Gasteiger partial charge in [-0.05, 0) is 29.8 Å². The lowest BCUT2D eigenvalue weighted by atomic mass is 10.2. The van der Waals surface area contributed by atoms with Crippen LogP contribution in [0.4, 0.5) is 5.69 Å². The van der Waals surface area contributed by atoms with Crippen molar-refractivity contribution < 1.29 is 0 Å². The highest BCUT2D eigenvalue weighted by molar-refractivity contribution is 9.10. The van der Waals surface area contributed by atoms with Crippen LogP contribution in [0.1, 0.15) is 5.56 Å². The Morgan fingerprint density at radius 2 is 1.76 bits per heavy atom. The van der Waals surface area contributed by atoms with Crippen molar-refractivity contribution in [3.63, 3.8) is 0 Å². The van der Waals surface area contributed by atoms with E-state index in [0.29, 0.717) is 10.0 Å². The van der Waals surface area contributed by atoms with E-state index in [-0.39, 0.29) is 0 Å². The third-order valence-electron chi connectivity index (χ3n) is 2.36. The Bertz CT molecular complexity index is 529. The molecule has 0 atom stereocenters. The maximum absolute atomic E-state index is 5.95. The van der Waals surface area contributed by atoms with Crippen LogP contribution < -0.4 is 5.32 Å². The summed E-state index contributed by atoms with van der Waals surface area (Å²) in [7, 11) is 0. The summed E-state index contributed by atoms with van der Waals surface area (Å²) in [6.45, 7) is 0.736. The van der Waals surface area contributed by atoms with Gasteiger partial charge in [-0.3, -0.25) is 0 Å². The normalized spacial score (nSPS) is 10.3. The maximum Gasteiger partial charge on any atom is 0.0612 e. The Balaban J connectivity index is 2.08. The predicted octanol–water partition coefficient (Wildman–Crippen LogP) is 5.37. The quantitative estimate of drug-likeness (QED) is 0.797. The van der Waals surface area contributed by atoms with E-state index in [1.54, 1.807) is 6.07 Å². The molecular weight excluding hydrogens is 321 g/mol. The van der Waals surface area contributed by atoms with Crippen LogP contribution in [-0.4, -0.2) is 0 Å². The summed E-state index contributed by atoms with van der Waals surface area (Å²) in [5.74, 6) is 0. The fourth-order valence-electron chi connectivity index (χ4n) is 1.45. The van der Waals surface area contributed by atoms with Crippen LogP contribution in [0.3, 0.4) is 0 Å². The summed E-state index contributed by atoms with van der Waals surface area (Å²) >= 11 is 15.3. The van der Waals surface area contributed by atoms with Gasteiger partial charge in [-0.15, -0.1) is 0 Å². The summed E-state index contributed by atoms with van der Waals surface area (Å²) in [4.78, 5) is 0. The highest BCUT2D eigenvalue weighted by atomic mass is 79.9. The minimum Gasteiger partial charge on any atom is -0.381 e. The Morgan fingerprint density at radius 1 is 1.00 bits per heavy atom. The Kier molecular flexibility index (Phi) is 4.32. The Hall–Kier alpha value is -0.700. The van der Waals surface area contributed by atoms with E-state index < -0.39 is 0 Å². The van der Waals surface area contributed by atoms with Gasteiger partial charge in [0.15, 0.2) is 0 Å². The van der Waals surface area contributed by atoms with E-state index in [0.717, 1.165) is 16.7 Å². The highest BCUT2D eigenvalue weighted by Gasteiger charge is 2.01. The first-order valence-corrected chi connectivity index (χ1v) is 6.64. The topological polar surface area (TPSA) is 12.0 Å². The minimum atomic E-state index is 0.559. The number of halogens is 3. The first-order chi connectivity index (χ1) is 8.16. The SMILES string of the molecule is Clc1ccc(NCc2ccccc2Br)cc1Cl.